The fraction of sp³-hybridized carbons (Fsp3) is 1.00. The maximum Gasteiger partial charge on any atom is 0.634 e. The van der Waals surface area contributed by atoms with E-state index >= 15 is 0 Å². The van der Waals surface area contributed by atoms with Gasteiger partial charge in [0.25, 0.3) is 0 Å². The Morgan fingerprint density at radius 2 is 1.88 bits per heavy atom. The minimum Gasteiger partial charge on any atom is -0.412 e. The Balaban J connectivity index is 0.000000490. The third-order valence-corrected chi connectivity index (χ3v) is 0.839. The molecule has 0 spiro atoms. The predicted molar refractivity (Wildman–Crippen MR) is 27.9 cm³/mol. The molecule has 0 radical (unpaired) electrons. The molecule has 0 aromatic heterocycles. The summed E-state index contributed by atoms with van der Waals surface area (Å²) in [5.41, 5.74) is 0. The molecule has 4 N–H and O–H groups in total. The zero-order chi connectivity index (χ0) is 5.28. The molecule has 0 aromatic carbocycles. The maximum atomic E-state index is 8.10. The van der Waals surface area contributed by atoms with Gasteiger partial charge in [-0.3, -0.25) is 0 Å². The van der Waals surface area contributed by atoms with E-state index in [1.165, 1.54) is 0 Å². The molecule has 0 bridgehead atoms. The van der Waals surface area contributed by atoms with E-state index in [2.05, 4.69) is 4.65 Å². The van der Waals surface area contributed by atoms with Gasteiger partial charge in [-0.25, -0.2) is 0 Å². The third-order valence-electron chi connectivity index (χ3n) is 0.839. The van der Waals surface area contributed by atoms with Gasteiger partial charge < -0.3 is 20.2 Å². The lowest BCUT2D eigenvalue weighted by Crippen LogP contribution is -2.17. The van der Waals surface area contributed by atoms with Gasteiger partial charge in [0, 0.05) is 6.10 Å². The Morgan fingerprint density at radius 3 is 2.00 bits per heavy atom. The number of rotatable bonds is 2. The van der Waals surface area contributed by atoms with Crippen molar-refractivity contribution in [1.82, 2.24) is 0 Å². The van der Waals surface area contributed by atoms with Gasteiger partial charge in [0.05, 0.1) is 0 Å². The van der Waals surface area contributed by atoms with Crippen molar-refractivity contribution in [1.29, 1.82) is 0 Å². The minimum atomic E-state index is -1.56. The van der Waals surface area contributed by atoms with Crippen molar-refractivity contribution in [2.24, 2.45) is 0 Å². The molecule has 0 heterocycles. The summed E-state index contributed by atoms with van der Waals surface area (Å²) in [6.07, 6.45) is 2.06. The predicted octanol–water partition coefficient (Wildman–Crippen LogP) is -1.69. The largest absolute Gasteiger partial charge is 0.634 e. The van der Waals surface area contributed by atoms with Crippen molar-refractivity contribution >= 4 is 7.32 Å². The molecule has 4 nitrogen and oxygen atoms in total. The van der Waals surface area contributed by atoms with Crippen molar-refractivity contribution < 1.29 is 20.2 Å². The highest BCUT2D eigenvalue weighted by Crippen LogP contribution is 2.23. The summed E-state index contributed by atoms with van der Waals surface area (Å²) in [4.78, 5) is 0. The molecule has 8 heavy (non-hydrogen) atoms. The normalized spacial score (nSPS) is 17.2. The molecule has 0 saturated heterocycles. The first-order valence-electron chi connectivity index (χ1n) is 2.30. The molecule has 1 rings (SSSR count). The Morgan fingerprint density at radius 1 is 1.38 bits per heavy atom. The molecule has 1 aliphatic rings. The van der Waals surface area contributed by atoms with Crippen LogP contribution < -0.4 is 0 Å². The van der Waals surface area contributed by atoms with Crippen LogP contribution in [0.25, 0.3) is 0 Å². The standard InChI is InChI=1S/C3H7BO3.H2O/c5-4(6)7-3-1-2-3;/h3,5-6H,1-2H2;1H2. The van der Waals surface area contributed by atoms with Gasteiger partial charge in [0.1, 0.15) is 0 Å². The Bertz CT molecular complexity index is 62.3. The van der Waals surface area contributed by atoms with Crippen LogP contribution in [0.5, 0.6) is 0 Å². The average molecular weight is 120 g/mol. The third kappa shape index (κ3) is 2.98. The fourth-order valence-corrected chi connectivity index (χ4v) is 0.376. The first-order valence-corrected chi connectivity index (χ1v) is 2.30. The lowest BCUT2D eigenvalue weighted by molar-refractivity contribution is 0.176. The molecule has 0 amide bonds. The van der Waals surface area contributed by atoms with Crippen molar-refractivity contribution in [3.63, 3.8) is 0 Å². The molecule has 0 aromatic rings. The highest BCUT2D eigenvalue weighted by atomic mass is 16.6. The molecule has 0 aliphatic heterocycles. The molecule has 0 unspecified atom stereocenters. The van der Waals surface area contributed by atoms with Gasteiger partial charge in [-0.05, 0) is 12.8 Å². The van der Waals surface area contributed by atoms with Gasteiger partial charge in [0.2, 0.25) is 0 Å². The summed E-state index contributed by atoms with van der Waals surface area (Å²) in [5, 5.41) is 16.2. The van der Waals surface area contributed by atoms with Crippen LogP contribution >= 0.6 is 0 Å². The van der Waals surface area contributed by atoms with Crippen LogP contribution in [-0.4, -0.2) is 28.9 Å². The minimum absolute atomic E-state index is 0. The topological polar surface area (TPSA) is 81.2 Å². The van der Waals surface area contributed by atoms with Gasteiger partial charge in [-0.1, -0.05) is 0 Å². The van der Waals surface area contributed by atoms with Gasteiger partial charge in [-0.15, -0.1) is 0 Å². The molecule has 48 valence electrons. The van der Waals surface area contributed by atoms with Crippen molar-refractivity contribution in [3.8, 4) is 0 Å². The molecule has 5 heteroatoms. The first kappa shape index (κ1) is 7.90. The van der Waals surface area contributed by atoms with Crippen LogP contribution in [-0.2, 0) is 4.65 Å². The molecular formula is C3H9BO4. The molecular weight excluding hydrogens is 111 g/mol. The molecule has 0 atom stereocenters. The smallest absolute Gasteiger partial charge is 0.412 e. The second kappa shape index (κ2) is 3.04. The SMILES string of the molecule is O.OB(O)OC1CC1. The van der Waals surface area contributed by atoms with Crippen molar-refractivity contribution in [2.75, 3.05) is 0 Å². The molecule has 1 saturated carbocycles. The highest BCUT2D eigenvalue weighted by Gasteiger charge is 2.27. The van der Waals surface area contributed by atoms with E-state index in [9.17, 15) is 0 Å². The van der Waals surface area contributed by atoms with Crippen LogP contribution in [0.15, 0.2) is 0 Å². The first-order chi connectivity index (χ1) is 3.29. The summed E-state index contributed by atoms with van der Waals surface area (Å²) in [7, 11) is -1.56. The molecule has 1 fully saturated rings. The number of hydrogen-bond donors (Lipinski definition) is 2. The second-order valence-electron chi connectivity index (χ2n) is 1.66. The van der Waals surface area contributed by atoms with Crippen LogP contribution in [0.3, 0.4) is 0 Å². The lowest BCUT2D eigenvalue weighted by atomic mass is 10.3. The van der Waals surface area contributed by atoms with Gasteiger partial charge >= 0.3 is 7.32 Å². The van der Waals surface area contributed by atoms with E-state index < -0.39 is 7.32 Å². The Kier molecular flexibility index (Phi) is 3.00. The summed E-state index contributed by atoms with van der Waals surface area (Å²) in [5.74, 6) is 0. The zero-order valence-corrected chi connectivity index (χ0v) is 4.37. The van der Waals surface area contributed by atoms with E-state index in [4.69, 9.17) is 10.0 Å². The number of hydrogen-bond acceptors (Lipinski definition) is 3. The monoisotopic (exact) mass is 120 g/mol. The van der Waals surface area contributed by atoms with E-state index in [-0.39, 0.29) is 11.6 Å². The highest BCUT2D eigenvalue weighted by molar-refractivity contribution is 6.32. The van der Waals surface area contributed by atoms with Gasteiger partial charge in [-0.2, -0.15) is 0 Å². The van der Waals surface area contributed by atoms with E-state index in [1.807, 2.05) is 0 Å². The summed E-state index contributed by atoms with van der Waals surface area (Å²) < 4.78 is 4.47. The summed E-state index contributed by atoms with van der Waals surface area (Å²) >= 11 is 0. The Hall–Kier alpha value is -0.0951. The van der Waals surface area contributed by atoms with Gasteiger partial charge in [0.15, 0.2) is 0 Å². The van der Waals surface area contributed by atoms with E-state index in [0.717, 1.165) is 12.8 Å². The van der Waals surface area contributed by atoms with Crippen LogP contribution in [0, 0.1) is 0 Å². The quantitative estimate of drug-likeness (QED) is 0.426. The van der Waals surface area contributed by atoms with Crippen molar-refractivity contribution in [3.05, 3.63) is 0 Å². The second-order valence-corrected chi connectivity index (χ2v) is 1.66. The average Bonchev–Trinajstić information content (AvgIpc) is 2.17. The van der Waals surface area contributed by atoms with E-state index in [0.29, 0.717) is 0 Å². The van der Waals surface area contributed by atoms with Crippen molar-refractivity contribution in [2.45, 2.75) is 18.9 Å². The summed E-state index contributed by atoms with van der Waals surface area (Å²) in [6.45, 7) is 0. The zero-order valence-electron chi connectivity index (χ0n) is 4.37. The van der Waals surface area contributed by atoms with Crippen LogP contribution in [0.1, 0.15) is 12.8 Å². The lowest BCUT2D eigenvalue weighted by Gasteiger charge is -1.94. The maximum absolute atomic E-state index is 8.10. The fourth-order valence-electron chi connectivity index (χ4n) is 0.376. The Labute approximate surface area is 47.6 Å². The van der Waals surface area contributed by atoms with Crippen LogP contribution in [0.4, 0.5) is 0 Å². The molecule has 1 aliphatic carbocycles. The summed E-state index contributed by atoms with van der Waals surface area (Å²) in [6, 6.07) is 0. The van der Waals surface area contributed by atoms with E-state index in [1.54, 1.807) is 0 Å². The van der Waals surface area contributed by atoms with Crippen LogP contribution in [0.2, 0.25) is 0 Å².